The Morgan fingerprint density at radius 3 is 2.76 bits per heavy atom. The SMILES string of the molecule is CC(C)CN(C(=O)COC(=O)/C=C/c1ccco1)[C@H]1CCS(=O)(=O)C1. The van der Waals surface area contributed by atoms with Crippen LogP contribution >= 0.6 is 0 Å². The number of rotatable bonds is 7. The van der Waals surface area contributed by atoms with Gasteiger partial charge in [0.25, 0.3) is 5.91 Å². The highest BCUT2D eigenvalue weighted by molar-refractivity contribution is 7.91. The summed E-state index contributed by atoms with van der Waals surface area (Å²) in [5.41, 5.74) is 0. The van der Waals surface area contributed by atoms with Crippen LogP contribution < -0.4 is 0 Å². The van der Waals surface area contributed by atoms with Crippen molar-refractivity contribution in [3.8, 4) is 0 Å². The molecule has 1 saturated heterocycles. The van der Waals surface area contributed by atoms with E-state index in [1.807, 2.05) is 13.8 Å². The molecule has 1 aliphatic heterocycles. The fourth-order valence-electron chi connectivity index (χ4n) is 2.67. The van der Waals surface area contributed by atoms with Crippen molar-refractivity contribution in [1.29, 1.82) is 0 Å². The molecule has 2 heterocycles. The van der Waals surface area contributed by atoms with Gasteiger partial charge < -0.3 is 14.1 Å². The second-order valence-corrected chi connectivity index (χ2v) is 8.68. The first-order chi connectivity index (χ1) is 11.8. The van der Waals surface area contributed by atoms with Crippen LogP contribution in [-0.2, 0) is 24.2 Å². The Hall–Kier alpha value is -2.09. The molecule has 8 heteroatoms. The minimum atomic E-state index is -3.10. The lowest BCUT2D eigenvalue weighted by Gasteiger charge is -2.29. The summed E-state index contributed by atoms with van der Waals surface area (Å²) in [6.45, 7) is 3.91. The summed E-state index contributed by atoms with van der Waals surface area (Å²) in [5.74, 6) is -0.297. The largest absolute Gasteiger partial charge is 0.465 e. The van der Waals surface area contributed by atoms with Crippen LogP contribution in [-0.4, -0.2) is 55.9 Å². The van der Waals surface area contributed by atoms with E-state index in [1.165, 1.54) is 23.3 Å². The van der Waals surface area contributed by atoms with E-state index in [1.54, 1.807) is 12.1 Å². The smallest absolute Gasteiger partial charge is 0.331 e. The topological polar surface area (TPSA) is 93.9 Å². The van der Waals surface area contributed by atoms with Crippen molar-refractivity contribution in [1.82, 2.24) is 4.90 Å². The highest BCUT2D eigenvalue weighted by atomic mass is 32.2. The number of carbonyl (C=O) groups excluding carboxylic acids is 2. The Morgan fingerprint density at radius 1 is 1.44 bits per heavy atom. The standard InChI is InChI=1S/C17H23NO6S/c1-13(2)10-18(14-7-9-25(21,22)12-14)16(19)11-24-17(20)6-5-15-4-3-8-23-15/h3-6,8,13-14H,7,9-12H2,1-2H3/b6-5+/t14-/m0/s1. The van der Waals surface area contributed by atoms with Gasteiger partial charge in [0.05, 0.1) is 17.8 Å². The van der Waals surface area contributed by atoms with Crippen molar-refractivity contribution < 1.29 is 27.2 Å². The van der Waals surface area contributed by atoms with Gasteiger partial charge in [-0.2, -0.15) is 0 Å². The maximum atomic E-state index is 12.4. The van der Waals surface area contributed by atoms with Gasteiger partial charge in [-0.05, 0) is 30.5 Å². The summed E-state index contributed by atoms with van der Waals surface area (Å²) < 4.78 is 33.4. The molecule has 1 atom stereocenters. The molecule has 138 valence electrons. The van der Waals surface area contributed by atoms with E-state index in [0.717, 1.165) is 0 Å². The molecule has 25 heavy (non-hydrogen) atoms. The molecule has 1 aromatic heterocycles. The second kappa shape index (κ2) is 8.33. The molecule has 1 fully saturated rings. The van der Waals surface area contributed by atoms with Gasteiger partial charge in [0.1, 0.15) is 5.76 Å². The monoisotopic (exact) mass is 369 g/mol. The zero-order chi connectivity index (χ0) is 18.4. The zero-order valence-corrected chi connectivity index (χ0v) is 15.2. The van der Waals surface area contributed by atoms with Crippen LogP contribution in [0.15, 0.2) is 28.9 Å². The maximum Gasteiger partial charge on any atom is 0.331 e. The van der Waals surface area contributed by atoms with Gasteiger partial charge in [0.15, 0.2) is 16.4 Å². The number of ether oxygens (including phenoxy) is 1. The molecule has 0 saturated carbocycles. The van der Waals surface area contributed by atoms with Gasteiger partial charge in [-0.1, -0.05) is 13.8 Å². The van der Waals surface area contributed by atoms with Crippen molar-refractivity contribution in [3.63, 3.8) is 0 Å². The fraction of sp³-hybridized carbons (Fsp3) is 0.529. The average Bonchev–Trinajstić information content (AvgIpc) is 3.17. The summed E-state index contributed by atoms with van der Waals surface area (Å²) in [6, 6.07) is 3.02. The third kappa shape index (κ3) is 6.04. The van der Waals surface area contributed by atoms with E-state index in [2.05, 4.69) is 0 Å². The van der Waals surface area contributed by atoms with Gasteiger partial charge in [0.2, 0.25) is 0 Å². The number of sulfone groups is 1. The van der Waals surface area contributed by atoms with Crippen LogP contribution in [0.25, 0.3) is 6.08 Å². The van der Waals surface area contributed by atoms with E-state index in [-0.39, 0.29) is 29.4 Å². The molecule has 0 aliphatic carbocycles. The lowest BCUT2D eigenvalue weighted by molar-refractivity contribution is -0.149. The summed E-state index contributed by atoms with van der Waals surface area (Å²) in [7, 11) is -3.10. The van der Waals surface area contributed by atoms with Crippen LogP contribution in [0.1, 0.15) is 26.0 Å². The Labute approximate surface area is 147 Å². The molecule has 1 aliphatic rings. The predicted molar refractivity (Wildman–Crippen MR) is 92.3 cm³/mol. The molecular formula is C17H23NO6S. The first kappa shape index (κ1) is 19.2. The van der Waals surface area contributed by atoms with Gasteiger partial charge in [-0.25, -0.2) is 13.2 Å². The van der Waals surface area contributed by atoms with Gasteiger partial charge >= 0.3 is 5.97 Å². The summed E-state index contributed by atoms with van der Waals surface area (Å²) >= 11 is 0. The molecule has 0 spiro atoms. The third-order valence-corrected chi connectivity index (χ3v) is 5.55. The molecular weight excluding hydrogens is 346 g/mol. The van der Waals surface area contributed by atoms with E-state index in [4.69, 9.17) is 9.15 Å². The highest BCUT2D eigenvalue weighted by Crippen LogP contribution is 2.19. The second-order valence-electron chi connectivity index (χ2n) is 6.45. The van der Waals surface area contributed by atoms with Gasteiger partial charge in [-0.3, -0.25) is 4.79 Å². The molecule has 0 N–H and O–H groups in total. The molecule has 1 amide bonds. The Kier molecular flexibility index (Phi) is 6.41. The molecule has 0 radical (unpaired) electrons. The first-order valence-corrected chi connectivity index (χ1v) is 9.97. The fourth-order valence-corrected chi connectivity index (χ4v) is 4.40. The van der Waals surface area contributed by atoms with Crippen LogP contribution in [0.4, 0.5) is 0 Å². The molecule has 0 unspecified atom stereocenters. The molecule has 0 bridgehead atoms. The van der Waals surface area contributed by atoms with Crippen LogP contribution in [0.2, 0.25) is 0 Å². The van der Waals surface area contributed by atoms with E-state index >= 15 is 0 Å². The molecule has 2 rings (SSSR count). The van der Waals surface area contributed by atoms with Gasteiger partial charge in [-0.15, -0.1) is 0 Å². The minimum Gasteiger partial charge on any atom is -0.465 e. The van der Waals surface area contributed by atoms with Crippen LogP contribution in [0, 0.1) is 5.92 Å². The summed E-state index contributed by atoms with van der Waals surface area (Å²) in [6.07, 6.45) is 4.53. The summed E-state index contributed by atoms with van der Waals surface area (Å²) in [5, 5.41) is 0. The molecule has 1 aromatic rings. The lowest BCUT2D eigenvalue weighted by Crippen LogP contribution is -2.45. The van der Waals surface area contributed by atoms with E-state index in [0.29, 0.717) is 18.7 Å². The van der Waals surface area contributed by atoms with Crippen molar-refractivity contribution in [2.45, 2.75) is 26.3 Å². The quantitative estimate of drug-likeness (QED) is 0.534. The predicted octanol–water partition coefficient (Wildman–Crippen LogP) is 1.51. The van der Waals surface area contributed by atoms with Gasteiger partial charge in [0, 0.05) is 18.7 Å². The maximum absolute atomic E-state index is 12.4. The number of furan rings is 1. The van der Waals surface area contributed by atoms with Crippen LogP contribution in [0.3, 0.4) is 0 Å². The summed E-state index contributed by atoms with van der Waals surface area (Å²) in [4.78, 5) is 25.6. The van der Waals surface area contributed by atoms with Crippen molar-refractivity contribution in [2.24, 2.45) is 5.92 Å². The highest BCUT2D eigenvalue weighted by Gasteiger charge is 2.35. The normalized spacial score (nSPS) is 19.4. The first-order valence-electron chi connectivity index (χ1n) is 8.15. The minimum absolute atomic E-state index is 0.0300. The van der Waals surface area contributed by atoms with Crippen molar-refractivity contribution >= 4 is 27.8 Å². The number of hydrogen-bond acceptors (Lipinski definition) is 6. The van der Waals surface area contributed by atoms with E-state index < -0.39 is 22.4 Å². The Bertz CT molecular complexity index is 720. The number of amides is 1. The van der Waals surface area contributed by atoms with Crippen LogP contribution in [0.5, 0.6) is 0 Å². The number of nitrogens with zero attached hydrogens (tertiary/aromatic N) is 1. The number of carbonyl (C=O) groups is 2. The zero-order valence-electron chi connectivity index (χ0n) is 14.4. The molecule has 7 nitrogen and oxygen atoms in total. The number of esters is 1. The third-order valence-electron chi connectivity index (χ3n) is 3.80. The Balaban J connectivity index is 1.91. The van der Waals surface area contributed by atoms with Crippen molar-refractivity contribution in [3.05, 3.63) is 30.2 Å². The number of hydrogen-bond donors (Lipinski definition) is 0. The van der Waals surface area contributed by atoms with Crippen molar-refractivity contribution in [2.75, 3.05) is 24.7 Å². The molecule has 0 aromatic carbocycles. The average molecular weight is 369 g/mol. The lowest BCUT2D eigenvalue weighted by atomic mass is 10.1. The van der Waals surface area contributed by atoms with E-state index in [9.17, 15) is 18.0 Å². The Morgan fingerprint density at radius 2 is 2.20 bits per heavy atom.